The predicted octanol–water partition coefficient (Wildman–Crippen LogP) is 2.74. The monoisotopic (exact) mass is 613 g/mol. The zero-order valence-electron chi connectivity index (χ0n) is 20.9. The molecule has 0 spiro atoms. The number of amides is 2. The first-order valence-electron chi connectivity index (χ1n) is 11.7. The number of benzene rings is 1. The van der Waals surface area contributed by atoms with Crippen molar-refractivity contribution < 1.29 is 37.1 Å². The second-order valence-corrected chi connectivity index (χ2v) is 13.3. The summed E-state index contributed by atoms with van der Waals surface area (Å²) in [5.41, 5.74) is 1.62. The first-order chi connectivity index (χ1) is 18.5. The lowest BCUT2D eigenvalue weighted by Crippen LogP contribution is -2.29. The normalized spacial score (nSPS) is 13.7. The van der Waals surface area contributed by atoms with Crippen LogP contribution < -0.4 is 10.1 Å². The molecule has 39 heavy (non-hydrogen) atoms. The standard InChI is InChI=1S/C24H24ClN3O8S3/c1-35-20(31)10-28-15-8-7-13(25)9-17(15)38-24(28)27-19(30)12-39(33,34)11-18(29)26-22-21(23(32)36-2)14-5-3-4-6-16(14)37-22/h7-9H,3-6,10-12H2,1-2H3,(H,26,29). The summed E-state index contributed by atoms with van der Waals surface area (Å²) in [6, 6.07) is 4.88. The maximum absolute atomic E-state index is 12.7. The minimum Gasteiger partial charge on any atom is -0.468 e. The van der Waals surface area contributed by atoms with Crippen molar-refractivity contribution in [2.75, 3.05) is 31.0 Å². The maximum Gasteiger partial charge on any atom is 0.341 e. The van der Waals surface area contributed by atoms with Crippen LogP contribution in [0.1, 0.15) is 33.6 Å². The van der Waals surface area contributed by atoms with Gasteiger partial charge in [-0.2, -0.15) is 4.99 Å². The molecule has 1 aromatic carbocycles. The van der Waals surface area contributed by atoms with Crippen LogP contribution in [0.5, 0.6) is 0 Å². The van der Waals surface area contributed by atoms with E-state index in [-0.39, 0.29) is 21.9 Å². The van der Waals surface area contributed by atoms with Crippen LogP contribution in [-0.2, 0) is 53.1 Å². The number of halogens is 1. The Kier molecular flexibility index (Phi) is 8.89. The van der Waals surface area contributed by atoms with Crippen LogP contribution in [0.15, 0.2) is 23.2 Å². The number of thiazole rings is 1. The van der Waals surface area contributed by atoms with E-state index in [1.807, 2.05) is 0 Å². The van der Waals surface area contributed by atoms with E-state index < -0.39 is 45.1 Å². The van der Waals surface area contributed by atoms with Crippen molar-refractivity contribution in [2.45, 2.75) is 32.2 Å². The number of aromatic nitrogens is 1. The van der Waals surface area contributed by atoms with Gasteiger partial charge in [0.1, 0.15) is 23.1 Å². The molecule has 0 radical (unpaired) electrons. The molecule has 2 aromatic heterocycles. The number of esters is 2. The minimum absolute atomic E-state index is 0.0780. The number of hydrogen-bond acceptors (Lipinski definition) is 10. The molecule has 0 aliphatic heterocycles. The highest BCUT2D eigenvalue weighted by Gasteiger charge is 2.28. The van der Waals surface area contributed by atoms with Crippen LogP contribution in [0.2, 0.25) is 5.02 Å². The molecule has 1 aliphatic carbocycles. The second-order valence-electron chi connectivity index (χ2n) is 8.65. The van der Waals surface area contributed by atoms with E-state index in [1.54, 1.807) is 18.2 Å². The number of ether oxygens (including phenoxy) is 2. The summed E-state index contributed by atoms with van der Waals surface area (Å²) < 4.78 is 37.0. The van der Waals surface area contributed by atoms with Gasteiger partial charge in [0.05, 0.1) is 30.0 Å². The average Bonchev–Trinajstić information content (AvgIpc) is 3.39. The Labute approximate surface area is 236 Å². The van der Waals surface area contributed by atoms with Gasteiger partial charge >= 0.3 is 11.9 Å². The quantitative estimate of drug-likeness (QED) is 0.381. The van der Waals surface area contributed by atoms with Crippen LogP contribution in [0.4, 0.5) is 5.00 Å². The van der Waals surface area contributed by atoms with Gasteiger partial charge in [0.2, 0.25) is 5.91 Å². The number of aryl methyl sites for hydroxylation is 1. The predicted molar refractivity (Wildman–Crippen MR) is 147 cm³/mol. The van der Waals surface area contributed by atoms with E-state index in [0.717, 1.165) is 41.0 Å². The SMILES string of the molecule is COC(=O)Cn1c(=NC(=O)CS(=O)(=O)CC(=O)Nc2sc3c(c2C(=O)OC)CCCC3)sc2cc(Cl)ccc21. The number of thiophene rings is 1. The lowest BCUT2D eigenvalue weighted by molar-refractivity contribution is -0.141. The third-order valence-corrected chi connectivity index (χ3v) is 9.76. The van der Waals surface area contributed by atoms with Crippen molar-refractivity contribution in [3.63, 3.8) is 0 Å². The van der Waals surface area contributed by atoms with E-state index in [0.29, 0.717) is 21.7 Å². The third-order valence-electron chi connectivity index (χ3n) is 5.89. The van der Waals surface area contributed by atoms with Crippen LogP contribution >= 0.6 is 34.3 Å². The number of methoxy groups -OCH3 is 2. The number of carbonyl (C=O) groups is 4. The van der Waals surface area contributed by atoms with Gasteiger partial charge in [0, 0.05) is 9.90 Å². The van der Waals surface area contributed by atoms with E-state index in [2.05, 4.69) is 10.3 Å². The molecule has 2 amide bonds. The zero-order valence-corrected chi connectivity index (χ0v) is 24.2. The van der Waals surface area contributed by atoms with Gasteiger partial charge in [0.15, 0.2) is 14.6 Å². The fourth-order valence-electron chi connectivity index (χ4n) is 4.19. The van der Waals surface area contributed by atoms with E-state index in [1.165, 1.54) is 30.1 Å². The second kappa shape index (κ2) is 12.0. The molecule has 0 bridgehead atoms. The molecule has 0 unspecified atom stereocenters. The highest BCUT2D eigenvalue weighted by molar-refractivity contribution is 7.92. The molecular weight excluding hydrogens is 590 g/mol. The number of sulfone groups is 1. The highest BCUT2D eigenvalue weighted by atomic mass is 35.5. The van der Waals surface area contributed by atoms with Crippen molar-refractivity contribution in [1.29, 1.82) is 0 Å². The van der Waals surface area contributed by atoms with E-state index >= 15 is 0 Å². The van der Waals surface area contributed by atoms with Crippen molar-refractivity contribution in [3.8, 4) is 0 Å². The first kappa shape index (κ1) is 28.9. The summed E-state index contributed by atoms with van der Waals surface area (Å²) in [5, 5.41) is 3.18. The van der Waals surface area contributed by atoms with Gasteiger partial charge in [-0.1, -0.05) is 22.9 Å². The molecule has 3 aromatic rings. The smallest absolute Gasteiger partial charge is 0.341 e. The molecule has 1 N–H and O–H groups in total. The fraction of sp³-hybridized carbons (Fsp3) is 0.375. The number of rotatable bonds is 8. The highest BCUT2D eigenvalue weighted by Crippen LogP contribution is 2.38. The van der Waals surface area contributed by atoms with Crippen molar-refractivity contribution in [1.82, 2.24) is 4.57 Å². The number of hydrogen-bond donors (Lipinski definition) is 1. The van der Waals surface area contributed by atoms with Crippen molar-refractivity contribution >= 4 is 83.1 Å². The largest absolute Gasteiger partial charge is 0.468 e. The van der Waals surface area contributed by atoms with Gasteiger partial charge in [-0.3, -0.25) is 14.4 Å². The van der Waals surface area contributed by atoms with Crippen molar-refractivity contribution in [2.24, 2.45) is 4.99 Å². The van der Waals surface area contributed by atoms with Crippen LogP contribution in [0, 0.1) is 0 Å². The summed E-state index contributed by atoms with van der Waals surface area (Å²) in [6.45, 7) is -0.257. The topological polar surface area (TPSA) is 150 Å². The van der Waals surface area contributed by atoms with Gasteiger partial charge in [-0.05, 0) is 49.4 Å². The lowest BCUT2D eigenvalue weighted by atomic mass is 9.95. The van der Waals surface area contributed by atoms with Crippen molar-refractivity contribution in [3.05, 3.63) is 44.0 Å². The number of anilines is 1. The molecule has 4 rings (SSSR count). The fourth-order valence-corrected chi connectivity index (χ4v) is 7.82. The third kappa shape index (κ3) is 6.75. The van der Waals surface area contributed by atoms with Gasteiger partial charge in [-0.25, -0.2) is 13.2 Å². The zero-order chi connectivity index (χ0) is 28.3. The molecule has 15 heteroatoms. The Bertz CT molecular complexity index is 1650. The molecule has 0 atom stereocenters. The minimum atomic E-state index is -4.22. The molecule has 0 fully saturated rings. The molecule has 1 aliphatic rings. The molecule has 0 saturated carbocycles. The van der Waals surface area contributed by atoms with Crippen LogP contribution in [0.25, 0.3) is 10.2 Å². The van der Waals surface area contributed by atoms with E-state index in [4.69, 9.17) is 21.1 Å². The summed E-state index contributed by atoms with van der Waals surface area (Å²) >= 11 is 8.32. The molecule has 208 valence electrons. The van der Waals surface area contributed by atoms with Crippen LogP contribution in [-0.4, -0.2) is 62.5 Å². The summed E-state index contributed by atoms with van der Waals surface area (Å²) in [6.07, 6.45) is 3.27. The average molecular weight is 614 g/mol. The van der Waals surface area contributed by atoms with Gasteiger partial charge in [0.25, 0.3) is 5.91 Å². The maximum atomic E-state index is 12.7. The van der Waals surface area contributed by atoms with Gasteiger partial charge < -0.3 is 19.4 Å². The summed E-state index contributed by atoms with van der Waals surface area (Å²) in [5.74, 6) is -5.11. The Balaban J connectivity index is 1.53. The molecular formula is C24H24ClN3O8S3. The number of fused-ring (bicyclic) bond motifs is 2. The molecule has 2 heterocycles. The Morgan fingerprint density at radius 2 is 1.82 bits per heavy atom. The van der Waals surface area contributed by atoms with Crippen LogP contribution in [0.3, 0.4) is 0 Å². The Morgan fingerprint density at radius 1 is 1.08 bits per heavy atom. The Hall–Kier alpha value is -3.07. The van der Waals surface area contributed by atoms with Gasteiger partial charge in [-0.15, -0.1) is 11.3 Å². The summed E-state index contributed by atoms with van der Waals surface area (Å²) in [4.78, 5) is 54.5. The molecule has 0 saturated heterocycles. The lowest BCUT2D eigenvalue weighted by Gasteiger charge is -2.11. The molecule has 11 nitrogen and oxygen atoms in total. The summed E-state index contributed by atoms with van der Waals surface area (Å²) in [7, 11) is -1.77. The number of carbonyl (C=O) groups excluding carboxylic acids is 4. The Morgan fingerprint density at radius 3 is 2.54 bits per heavy atom. The number of nitrogens with zero attached hydrogens (tertiary/aromatic N) is 2. The van der Waals surface area contributed by atoms with E-state index in [9.17, 15) is 27.6 Å². The number of nitrogens with one attached hydrogen (secondary N) is 1. The first-order valence-corrected chi connectivity index (χ1v) is 15.5.